The number of cyclic esters (lactones) is 1. The number of esters is 1. The fourth-order valence-electron chi connectivity index (χ4n) is 6.35. The van der Waals surface area contributed by atoms with Crippen LogP contribution in [0.15, 0.2) is 36.5 Å². The minimum absolute atomic E-state index is 0.154. The van der Waals surface area contributed by atoms with E-state index in [1.807, 2.05) is 19.2 Å². The summed E-state index contributed by atoms with van der Waals surface area (Å²) >= 11 is 1.34. The monoisotopic (exact) mass is 643 g/mol. The molecule has 1 saturated heterocycles. The molecule has 10 nitrogen and oxygen atoms in total. The van der Waals surface area contributed by atoms with Gasteiger partial charge in [0.2, 0.25) is 5.91 Å². The molecule has 3 radical (unpaired) electrons. The maximum atomic E-state index is 13.3. The molecule has 4 aromatic rings. The van der Waals surface area contributed by atoms with Crippen LogP contribution in [-0.4, -0.2) is 72.3 Å². The molecule has 3 atom stereocenters. The number of fused-ring (bicyclic) bond motifs is 6. The van der Waals surface area contributed by atoms with Crippen molar-refractivity contribution in [1.82, 2.24) is 29.3 Å². The fourth-order valence-corrected chi connectivity index (χ4v) is 7.37. The minimum Gasteiger partial charge on any atom is -0.464 e. The van der Waals surface area contributed by atoms with Crippen molar-refractivity contribution in [2.24, 2.45) is 5.41 Å². The second-order valence-corrected chi connectivity index (χ2v) is 14.1. The molecule has 2 aliphatic heterocycles. The van der Waals surface area contributed by atoms with Crippen molar-refractivity contribution >= 4 is 44.6 Å². The fraction of sp³-hybridized carbons (Fsp3) is 0.485. The van der Waals surface area contributed by atoms with Crippen LogP contribution in [0, 0.1) is 5.41 Å². The average Bonchev–Trinajstić information content (AvgIpc) is 3.64. The summed E-state index contributed by atoms with van der Waals surface area (Å²) in [6, 6.07) is 9.93. The first kappa shape index (κ1) is 31.5. The number of benzene rings is 1. The Morgan fingerprint density at radius 2 is 2.09 bits per heavy atom. The van der Waals surface area contributed by atoms with Crippen LogP contribution >= 0.6 is 11.5 Å². The zero-order valence-corrected chi connectivity index (χ0v) is 28.2. The topological polar surface area (TPSA) is 111 Å². The summed E-state index contributed by atoms with van der Waals surface area (Å²) in [4.78, 5) is 36.2. The minimum atomic E-state index is -0.589. The van der Waals surface area contributed by atoms with Crippen LogP contribution in [0.5, 0.6) is 0 Å². The predicted molar refractivity (Wildman–Crippen MR) is 175 cm³/mol. The normalized spacial score (nSPS) is 21.4. The van der Waals surface area contributed by atoms with E-state index in [-0.39, 0.29) is 24.6 Å². The van der Waals surface area contributed by atoms with Crippen molar-refractivity contribution < 1.29 is 19.1 Å². The predicted octanol–water partition coefficient (Wildman–Crippen LogP) is 5.07. The molecule has 235 valence electrons. The first-order valence-electron chi connectivity index (χ1n) is 15.5. The summed E-state index contributed by atoms with van der Waals surface area (Å²) in [5.74, 6) is 0.0956. The van der Waals surface area contributed by atoms with Gasteiger partial charge in [0.15, 0.2) is 0 Å². The first-order chi connectivity index (χ1) is 21.6. The van der Waals surface area contributed by atoms with Crippen molar-refractivity contribution in [3.8, 4) is 21.8 Å². The summed E-state index contributed by atoms with van der Waals surface area (Å²) < 4.78 is 18.7. The van der Waals surface area contributed by atoms with Gasteiger partial charge < -0.3 is 14.0 Å². The lowest BCUT2D eigenvalue weighted by molar-refractivity contribution is -0.154. The maximum absolute atomic E-state index is 13.3. The van der Waals surface area contributed by atoms with Crippen molar-refractivity contribution in [2.75, 3.05) is 20.3 Å². The van der Waals surface area contributed by atoms with Crippen LogP contribution in [-0.2, 0) is 38.4 Å². The number of rotatable bonds is 4. The van der Waals surface area contributed by atoms with Crippen molar-refractivity contribution in [2.45, 2.75) is 77.6 Å². The molecule has 3 aromatic heterocycles. The van der Waals surface area contributed by atoms with Gasteiger partial charge in [-0.25, -0.2) is 10.4 Å². The molecule has 5 heterocycles. The highest BCUT2D eigenvalue weighted by Gasteiger charge is 2.34. The Hall–Kier alpha value is -3.45. The van der Waals surface area contributed by atoms with Crippen LogP contribution in [0.3, 0.4) is 0 Å². The van der Waals surface area contributed by atoms with Gasteiger partial charge >= 0.3 is 5.97 Å². The Balaban J connectivity index is 1.53. The second kappa shape index (κ2) is 12.7. The lowest BCUT2D eigenvalue weighted by Gasteiger charge is -2.34. The summed E-state index contributed by atoms with van der Waals surface area (Å²) in [7, 11) is 5.32. The molecule has 1 fully saturated rings. The highest BCUT2D eigenvalue weighted by atomic mass is 32.1. The van der Waals surface area contributed by atoms with E-state index in [4.69, 9.17) is 19.4 Å². The standard InChI is InChI=1S/C33H39N6O4SSi/c1-6-38-25-12-11-20-15-22(25)23(29(38)21-9-7-13-34-28(21)19(2)42-5)17-33(3,4)18-43-32(41)24-10-8-14-39(36-24)31(40)26(45)16-27-35-30(20)44-37-27/h7,9,11-13,15,19,24,26,36H,6,8,10,14,16-18H2,1-5H3/t19-,24-,26-/m0/s1. The lowest BCUT2D eigenvalue weighted by atomic mass is 9.84. The molecule has 2 aliphatic rings. The van der Waals surface area contributed by atoms with Crippen molar-refractivity contribution in [3.05, 3.63) is 53.6 Å². The third-order valence-electron chi connectivity index (χ3n) is 8.71. The Labute approximate surface area is 271 Å². The van der Waals surface area contributed by atoms with E-state index < -0.39 is 17.0 Å². The number of carbonyl (C=O) groups is 2. The molecular weight excluding hydrogens is 605 g/mol. The molecule has 6 bridgehead atoms. The first-order valence-corrected chi connectivity index (χ1v) is 16.9. The van der Waals surface area contributed by atoms with Gasteiger partial charge in [0.25, 0.3) is 0 Å². The Bertz CT molecular complexity index is 1740. The number of hydrazine groups is 1. The Kier molecular flexibility index (Phi) is 8.93. The van der Waals surface area contributed by atoms with Crippen LogP contribution in [0.25, 0.3) is 32.7 Å². The maximum Gasteiger partial charge on any atom is 0.324 e. The molecule has 6 rings (SSSR count). The van der Waals surface area contributed by atoms with E-state index in [2.05, 4.69) is 69.6 Å². The van der Waals surface area contributed by atoms with Crippen LogP contribution in [0.1, 0.15) is 63.7 Å². The molecular formula is C33H39N6O4SSi. The number of hydrogen-bond donors (Lipinski definition) is 1. The number of hydrogen-bond acceptors (Lipinski definition) is 9. The zero-order valence-electron chi connectivity index (χ0n) is 26.4. The highest BCUT2D eigenvalue weighted by Crippen LogP contribution is 2.42. The number of nitrogens with one attached hydrogen (secondary N) is 1. The third-order valence-corrected chi connectivity index (χ3v) is 9.97. The number of nitrogens with zero attached hydrogens (tertiary/aromatic N) is 5. The number of ether oxygens (including phenoxy) is 2. The summed E-state index contributed by atoms with van der Waals surface area (Å²) in [5, 5.41) is 3.44. The summed E-state index contributed by atoms with van der Waals surface area (Å²) in [6.07, 6.45) is 3.89. The van der Waals surface area contributed by atoms with Gasteiger partial charge in [0.05, 0.1) is 24.1 Å². The lowest BCUT2D eigenvalue weighted by Crippen LogP contribution is -2.56. The quantitative estimate of drug-likeness (QED) is 0.243. The summed E-state index contributed by atoms with van der Waals surface area (Å²) in [6.45, 7) is 9.91. The Morgan fingerprint density at radius 1 is 1.27 bits per heavy atom. The highest BCUT2D eigenvalue weighted by molar-refractivity contribution is 7.09. The van der Waals surface area contributed by atoms with Crippen LogP contribution in [0.4, 0.5) is 0 Å². The molecule has 1 N–H and O–H groups in total. The van der Waals surface area contributed by atoms with Crippen molar-refractivity contribution in [1.29, 1.82) is 0 Å². The molecule has 1 aromatic carbocycles. The van der Waals surface area contributed by atoms with Crippen LogP contribution < -0.4 is 5.43 Å². The van der Waals surface area contributed by atoms with Gasteiger partial charge in [-0.05, 0) is 80.5 Å². The molecule has 0 saturated carbocycles. The number of methoxy groups -OCH3 is 1. The average molecular weight is 644 g/mol. The molecule has 0 unspecified atom stereocenters. The third kappa shape index (κ3) is 6.20. The number of aromatic nitrogens is 4. The zero-order chi connectivity index (χ0) is 31.9. The molecule has 1 amide bonds. The second-order valence-electron chi connectivity index (χ2n) is 12.7. The number of amides is 1. The molecule has 0 spiro atoms. The molecule has 45 heavy (non-hydrogen) atoms. The van der Waals surface area contributed by atoms with Gasteiger partial charge in [-0.1, -0.05) is 13.8 Å². The van der Waals surface area contributed by atoms with Gasteiger partial charge in [0.1, 0.15) is 16.9 Å². The van der Waals surface area contributed by atoms with E-state index in [1.165, 1.54) is 16.5 Å². The number of carbonyl (C=O) groups excluding carboxylic acids is 2. The van der Waals surface area contributed by atoms with Crippen LogP contribution in [0.2, 0.25) is 5.54 Å². The van der Waals surface area contributed by atoms with E-state index >= 15 is 0 Å². The van der Waals surface area contributed by atoms with Crippen molar-refractivity contribution in [3.63, 3.8) is 0 Å². The SMILES string of the molecule is CCn1c(-c2cccnc2[C@H](C)OC)c2c3cc(ccc31)-c1nc(ns1)C[C@H]([Si])C(=O)N1CCC[C@H](N1)C(=O)OCC(C)(C)C2. The molecule has 12 heteroatoms. The van der Waals surface area contributed by atoms with E-state index in [0.29, 0.717) is 38.1 Å². The Morgan fingerprint density at radius 3 is 2.87 bits per heavy atom. The summed E-state index contributed by atoms with van der Waals surface area (Å²) in [5.41, 5.74) is 8.39. The van der Waals surface area contributed by atoms with Gasteiger partial charge in [-0.15, -0.1) is 0 Å². The van der Waals surface area contributed by atoms with E-state index in [1.54, 1.807) is 7.11 Å². The van der Waals surface area contributed by atoms with Gasteiger partial charge in [-0.3, -0.25) is 19.6 Å². The number of aryl methyl sites for hydroxylation is 1. The number of pyridine rings is 1. The smallest absolute Gasteiger partial charge is 0.324 e. The van der Waals surface area contributed by atoms with Gasteiger partial charge in [-0.2, -0.15) is 4.37 Å². The van der Waals surface area contributed by atoms with E-state index in [0.717, 1.165) is 50.5 Å². The van der Waals surface area contributed by atoms with Gasteiger partial charge in [0, 0.05) is 76.0 Å². The molecule has 0 aliphatic carbocycles. The largest absolute Gasteiger partial charge is 0.464 e. The van der Waals surface area contributed by atoms with E-state index in [9.17, 15) is 9.59 Å².